The Hall–Kier alpha value is -4.56. The van der Waals surface area contributed by atoms with Gasteiger partial charge in [-0.25, -0.2) is 22.6 Å². The van der Waals surface area contributed by atoms with Gasteiger partial charge in [-0.05, 0) is 62.2 Å². The average molecular weight is 610 g/mol. The molecule has 3 aromatic heterocycles. The van der Waals surface area contributed by atoms with E-state index < -0.39 is 27.7 Å². The zero-order valence-electron chi connectivity index (χ0n) is 22.9. The third kappa shape index (κ3) is 5.62. The molecule has 1 saturated heterocycles. The van der Waals surface area contributed by atoms with Crippen molar-refractivity contribution in [3.63, 3.8) is 0 Å². The molecule has 10 nitrogen and oxygen atoms in total. The van der Waals surface area contributed by atoms with Crippen molar-refractivity contribution < 1.29 is 26.4 Å². The second kappa shape index (κ2) is 10.9. The Kier molecular flexibility index (Phi) is 7.26. The zero-order chi connectivity index (χ0) is 30.4. The highest BCUT2D eigenvalue weighted by molar-refractivity contribution is 7.89. The van der Waals surface area contributed by atoms with Gasteiger partial charge in [-0.2, -0.15) is 27.7 Å². The predicted octanol–water partition coefficient (Wildman–Crippen LogP) is 5.06. The van der Waals surface area contributed by atoms with Crippen LogP contribution in [0, 0.1) is 6.92 Å². The van der Waals surface area contributed by atoms with Crippen molar-refractivity contribution in [1.82, 2.24) is 28.7 Å². The Bertz CT molecular complexity index is 1890. The molecule has 1 N–H and O–H groups in total. The van der Waals surface area contributed by atoms with Crippen molar-refractivity contribution in [2.45, 2.75) is 36.8 Å². The SMILES string of the molecule is Cc1ccc(-n2nc(C3CCN(S(=O)(=O)c4ccc(C(F)(F)F)cc4)CC3)cc2NC(=O)c2cnn3cccnc23)cc1. The number of alkyl halides is 3. The normalized spacial score (nSPS) is 15.2. The van der Waals surface area contributed by atoms with E-state index in [1.54, 1.807) is 29.2 Å². The van der Waals surface area contributed by atoms with E-state index in [-0.39, 0.29) is 23.9 Å². The molecule has 0 unspecified atom stereocenters. The molecule has 0 spiro atoms. The van der Waals surface area contributed by atoms with E-state index in [0.29, 0.717) is 35.6 Å². The van der Waals surface area contributed by atoms with Gasteiger partial charge in [0.05, 0.1) is 28.0 Å². The van der Waals surface area contributed by atoms with Crippen molar-refractivity contribution >= 4 is 27.4 Å². The van der Waals surface area contributed by atoms with E-state index in [1.807, 2.05) is 31.2 Å². The molecule has 1 fully saturated rings. The van der Waals surface area contributed by atoms with Gasteiger partial charge in [-0.15, -0.1) is 0 Å². The molecule has 14 heteroatoms. The lowest BCUT2D eigenvalue weighted by Gasteiger charge is -2.30. The van der Waals surface area contributed by atoms with Crippen LogP contribution in [0.15, 0.2) is 84.1 Å². The van der Waals surface area contributed by atoms with Crippen LogP contribution in [0.1, 0.15) is 45.9 Å². The van der Waals surface area contributed by atoms with E-state index in [9.17, 15) is 26.4 Å². The molecule has 43 heavy (non-hydrogen) atoms. The number of sulfonamides is 1. The molecule has 0 radical (unpaired) electrons. The fourth-order valence-electron chi connectivity index (χ4n) is 5.10. The van der Waals surface area contributed by atoms with Crippen molar-refractivity contribution in [1.29, 1.82) is 0 Å². The summed E-state index contributed by atoms with van der Waals surface area (Å²) in [6.07, 6.45) is 1.04. The van der Waals surface area contributed by atoms with Crippen LogP contribution in [0.3, 0.4) is 0 Å². The Morgan fingerprint density at radius 1 is 1.02 bits per heavy atom. The van der Waals surface area contributed by atoms with E-state index in [4.69, 9.17) is 5.10 Å². The highest BCUT2D eigenvalue weighted by atomic mass is 32.2. The lowest BCUT2D eigenvalue weighted by atomic mass is 9.95. The fraction of sp³-hybridized carbons (Fsp3) is 0.241. The molecule has 1 aliphatic rings. The molecule has 5 aromatic rings. The summed E-state index contributed by atoms with van der Waals surface area (Å²) in [5.41, 5.74) is 2.26. The van der Waals surface area contributed by atoms with Crippen molar-refractivity contribution in [3.8, 4) is 5.69 Å². The van der Waals surface area contributed by atoms with Crippen LogP contribution in [-0.2, 0) is 16.2 Å². The molecule has 1 aliphatic heterocycles. The van der Waals surface area contributed by atoms with Gasteiger partial charge in [0.25, 0.3) is 5.91 Å². The summed E-state index contributed by atoms with van der Waals surface area (Å²) >= 11 is 0. The number of rotatable bonds is 6. The summed E-state index contributed by atoms with van der Waals surface area (Å²) in [4.78, 5) is 17.4. The summed E-state index contributed by atoms with van der Waals surface area (Å²) in [6, 6.07) is 14.7. The number of anilines is 1. The maximum Gasteiger partial charge on any atom is 0.416 e. The first-order chi connectivity index (χ1) is 20.5. The van der Waals surface area contributed by atoms with Crippen LogP contribution in [-0.4, -0.2) is 56.1 Å². The Morgan fingerprint density at radius 2 is 1.72 bits per heavy atom. The van der Waals surface area contributed by atoms with Gasteiger partial charge in [0, 0.05) is 37.5 Å². The lowest BCUT2D eigenvalue weighted by Crippen LogP contribution is -2.38. The number of aryl methyl sites for hydroxylation is 1. The van der Waals surface area contributed by atoms with Crippen LogP contribution in [0.25, 0.3) is 11.3 Å². The van der Waals surface area contributed by atoms with Crippen molar-refractivity contribution in [3.05, 3.63) is 102 Å². The summed E-state index contributed by atoms with van der Waals surface area (Å²) in [6.45, 7) is 2.30. The van der Waals surface area contributed by atoms with Crippen LogP contribution in [0.4, 0.5) is 19.0 Å². The van der Waals surface area contributed by atoms with E-state index >= 15 is 0 Å². The predicted molar refractivity (Wildman–Crippen MR) is 151 cm³/mol. The molecule has 2 aromatic carbocycles. The second-order valence-electron chi connectivity index (χ2n) is 10.3. The third-order valence-corrected chi connectivity index (χ3v) is 9.38. The van der Waals surface area contributed by atoms with Gasteiger partial charge in [0.1, 0.15) is 11.4 Å². The molecular formula is C29H26F3N7O3S. The number of carbonyl (C=O) groups excluding carboxylic acids is 1. The molecule has 0 saturated carbocycles. The van der Waals surface area contributed by atoms with E-state index in [1.165, 1.54) is 15.0 Å². The number of piperidine rings is 1. The summed E-state index contributed by atoms with van der Waals surface area (Å²) < 4.78 is 69.5. The van der Waals surface area contributed by atoms with E-state index in [0.717, 1.165) is 35.5 Å². The molecule has 4 heterocycles. The molecule has 0 bridgehead atoms. The Morgan fingerprint density at radius 3 is 2.40 bits per heavy atom. The summed E-state index contributed by atoms with van der Waals surface area (Å²) in [7, 11) is -3.97. The first-order valence-electron chi connectivity index (χ1n) is 13.4. The van der Waals surface area contributed by atoms with Crippen molar-refractivity contribution in [2.75, 3.05) is 18.4 Å². The molecule has 0 atom stereocenters. The average Bonchev–Trinajstić information content (AvgIpc) is 3.62. The van der Waals surface area contributed by atoms with Crippen LogP contribution in [0.5, 0.6) is 0 Å². The van der Waals surface area contributed by atoms with Crippen LogP contribution < -0.4 is 5.32 Å². The number of amides is 1. The summed E-state index contributed by atoms with van der Waals surface area (Å²) in [5.74, 6) is -0.0926. The monoisotopic (exact) mass is 609 g/mol. The zero-order valence-corrected chi connectivity index (χ0v) is 23.7. The number of nitrogens with zero attached hydrogens (tertiary/aromatic N) is 6. The minimum atomic E-state index is -4.55. The van der Waals surface area contributed by atoms with Gasteiger partial charge >= 0.3 is 6.18 Å². The molecule has 6 rings (SSSR count). The molecule has 0 aliphatic carbocycles. The number of nitrogens with one attached hydrogen (secondary N) is 1. The Balaban J connectivity index is 1.23. The first-order valence-corrected chi connectivity index (χ1v) is 14.9. The number of benzene rings is 2. The summed E-state index contributed by atoms with van der Waals surface area (Å²) in [5, 5.41) is 11.9. The van der Waals surface area contributed by atoms with Gasteiger partial charge in [-0.3, -0.25) is 4.79 Å². The number of hydrogen-bond donors (Lipinski definition) is 1. The maximum atomic E-state index is 13.3. The molecule has 1 amide bonds. The lowest BCUT2D eigenvalue weighted by molar-refractivity contribution is -0.137. The van der Waals surface area contributed by atoms with Crippen molar-refractivity contribution in [2.24, 2.45) is 0 Å². The van der Waals surface area contributed by atoms with E-state index in [2.05, 4.69) is 15.4 Å². The quantitative estimate of drug-likeness (QED) is 0.288. The maximum absolute atomic E-state index is 13.3. The highest BCUT2D eigenvalue weighted by Gasteiger charge is 2.34. The topological polar surface area (TPSA) is 114 Å². The third-order valence-electron chi connectivity index (χ3n) is 7.46. The first kappa shape index (κ1) is 28.6. The molecule has 222 valence electrons. The van der Waals surface area contributed by atoms with Gasteiger partial charge in [-0.1, -0.05) is 17.7 Å². The molecular weight excluding hydrogens is 583 g/mol. The van der Waals surface area contributed by atoms with Gasteiger partial charge in [0.15, 0.2) is 5.65 Å². The van der Waals surface area contributed by atoms with Crippen LogP contribution >= 0.6 is 0 Å². The number of halogens is 3. The standard InChI is InChI=1S/C29H26F3N7O3S/c1-19-3-7-22(8-4-19)39-26(35-28(40)24-18-34-38-14-2-13-33-27(24)38)17-25(36-39)20-11-15-37(16-12-20)43(41,42)23-9-5-21(6-10-23)29(30,31)32/h2-10,13-14,17-18,20H,11-12,15-16H2,1H3,(H,35,40). The highest BCUT2D eigenvalue weighted by Crippen LogP contribution is 2.34. The van der Waals surface area contributed by atoms with Gasteiger partial charge < -0.3 is 5.32 Å². The second-order valence-corrected chi connectivity index (χ2v) is 12.2. The Labute approximate surface area is 244 Å². The van der Waals surface area contributed by atoms with Crippen LogP contribution in [0.2, 0.25) is 0 Å². The minimum absolute atomic E-state index is 0.111. The number of fused-ring (bicyclic) bond motifs is 1. The number of carbonyl (C=O) groups is 1. The minimum Gasteiger partial charge on any atom is -0.306 e. The number of hydrogen-bond acceptors (Lipinski definition) is 6. The number of aromatic nitrogens is 5. The fourth-order valence-corrected chi connectivity index (χ4v) is 6.57. The largest absolute Gasteiger partial charge is 0.416 e. The smallest absolute Gasteiger partial charge is 0.306 e. The van der Waals surface area contributed by atoms with Gasteiger partial charge in [0.2, 0.25) is 10.0 Å².